The Morgan fingerprint density at radius 3 is 2.05 bits per heavy atom. The molecule has 2 aromatic rings. The highest BCUT2D eigenvalue weighted by Crippen LogP contribution is 2.38. The first-order chi connectivity index (χ1) is 8.88. The van der Waals surface area contributed by atoms with E-state index in [-0.39, 0.29) is 4.83 Å². The lowest BCUT2D eigenvalue weighted by Gasteiger charge is -2.15. The van der Waals surface area contributed by atoms with Crippen molar-refractivity contribution in [3.63, 3.8) is 0 Å². The molecule has 0 amide bonds. The summed E-state index contributed by atoms with van der Waals surface area (Å²) >= 11 is 10.4. The highest BCUT2D eigenvalue weighted by Gasteiger charge is 2.16. The second kappa shape index (κ2) is 6.02. The molecule has 0 nitrogen and oxygen atoms in total. The summed E-state index contributed by atoms with van der Waals surface area (Å²) in [4.78, 5) is -0.288. The molecule has 0 aliphatic carbocycles. The van der Waals surface area contributed by atoms with E-state index in [9.17, 15) is 8.78 Å². The first kappa shape index (κ1) is 15.1. The highest BCUT2D eigenvalue weighted by molar-refractivity contribution is 9.11. The van der Waals surface area contributed by atoms with Crippen molar-refractivity contribution in [3.05, 3.63) is 67.6 Å². The first-order valence-electron chi connectivity index (χ1n) is 5.44. The molecule has 2 aromatic carbocycles. The molecule has 0 aliphatic rings. The van der Waals surface area contributed by atoms with E-state index in [1.165, 1.54) is 12.1 Å². The number of aryl methyl sites for hydroxylation is 1. The van der Waals surface area contributed by atoms with E-state index in [0.717, 1.165) is 26.1 Å². The predicted molar refractivity (Wildman–Crippen MR) is 83.7 cm³/mol. The fourth-order valence-electron chi connectivity index (χ4n) is 1.76. The van der Waals surface area contributed by atoms with Crippen molar-refractivity contribution in [2.75, 3.05) is 0 Å². The number of alkyl halides is 1. The van der Waals surface area contributed by atoms with E-state index in [2.05, 4.69) is 47.8 Å². The Hall–Kier alpha value is -0.260. The van der Waals surface area contributed by atoms with Gasteiger partial charge in [-0.25, -0.2) is 8.78 Å². The largest absolute Gasteiger partial charge is 0.207 e. The Balaban J connectivity index is 2.49. The molecule has 0 radical (unpaired) electrons. The van der Waals surface area contributed by atoms with Crippen LogP contribution in [-0.4, -0.2) is 0 Å². The van der Waals surface area contributed by atoms with E-state index in [1.807, 2.05) is 19.1 Å². The van der Waals surface area contributed by atoms with Crippen LogP contribution in [-0.2, 0) is 0 Å². The Labute approximate surface area is 135 Å². The minimum absolute atomic E-state index is 0.288. The third-order valence-corrected chi connectivity index (χ3v) is 5.29. The molecule has 0 saturated heterocycles. The van der Waals surface area contributed by atoms with E-state index < -0.39 is 11.6 Å². The van der Waals surface area contributed by atoms with Crippen LogP contribution in [0.15, 0.2) is 39.3 Å². The van der Waals surface area contributed by atoms with E-state index in [1.54, 1.807) is 0 Å². The van der Waals surface area contributed by atoms with Gasteiger partial charge in [0.25, 0.3) is 0 Å². The molecular weight excluding hydrogens is 446 g/mol. The smallest absolute Gasteiger partial charge is 0.126 e. The summed E-state index contributed by atoms with van der Waals surface area (Å²) in [6.45, 7) is 1.98. The van der Waals surface area contributed by atoms with Crippen LogP contribution in [0.2, 0.25) is 0 Å². The van der Waals surface area contributed by atoms with Crippen LogP contribution in [0.1, 0.15) is 21.5 Å². The van der Waals surface area contributed by atoms with Gasteiger partial charge in [-0.3, -0.25) is 0 Å². The topological polar surface area (TPSA) is 0 Å². The molecule has 1 unspecified atom stereocenters. The molecule has 0 bridgehead atoms. The van der Waals surface area contributed by atoms with Gasteiger partial charge in [-0.05, 0) is 47.9 Å². The minimum atomic E-state index is -0.582. The predicted octanol–water partition coefficient (Wildman–Crippen LogP) is 6.28. The van der Waals surface area contributed by atoms with Crippen LogP contribution >= 0.6 is 47.8 Å². The SMILES string of the molecule is Cc1cc(Br)c(C(Br)c2cc(F)cc(F)c2)cc1Br. The van der Waals surface area contributed by atoms with Crippen molar-refractivity contribution in [1.29, 1.82) is 0 Å². The molecule has 5 heteroatoms. The van der Waals surface area contributed by atoms with Gasteiger partial charge < -0.3 is 0 Å². The molecule has 1 atom stereocenters. The minimum Gasteiger partial charge on any atom is -0.207 e. The zero-order chi connectivity index (χ0) is 14.2. The normalized spacial score (nSPS) is 12.5. The van der Waals surface area contributed by atoms with Crippen molar-refractivity contribution in [1.82, 2.24) is 0 Å². The second-order valence-corrected chi connectivity index (χ2v) is 6.81. The van der Waals surface area contributed by atoms with Crippen molar-refractivity contribution < 1.29 is 8.78 Å². The van der Waals surface area contributed by atoms with Gasteiger partial charge in [-0.15, -0.1) is 0 Å². The highest BCUT2D eigenvalue weighted by atomic mass is 79.9. The van der Waals surface area contributed by atoms with Crippen molar-refractivity contribution in [3.8, 4) is 0 Å². The van der Waals surface area contributed by atoms with Crippen molar-refractivity contribution >= 4 is 47.8 Å². The number of halogens is 5. The third kappa shape index (κ3) is 3.44. The number of hydrogen-bond acceptors (Lipinski definition) is 0. The Kier molecular flexibility index (Phi) is 4.79. The molecule has 0 saturated carbocycles. The van der Waals surface area contributed by atoms with E-state index >= 15 is 0 Å². The summed E-state index contributed by atoms with van der Waals surface area (Å²) in [6.07, 6.45) is 0. The Morgan fingerprint density at radius 2 is 1.47 bits per heavy atom. The Bertz CT molecular complexity index is 606. The Morgan fingerprint density at radius 1 is 0.895 bits per heavy atom. The quantitative estimate of drug-likeness (QED) is 0.468. The number of hydrogen-bond donors (Lipinski definition) is 0. The van der Waals surface area contributed by atoms with Crippen LogP contribution in [0.4, 0.5) is 8.78 Å². The molecule has 0 N–H and O–H groups in total. The lowest BCUT2D eigenvalue weighted by atomic mass is 10.0. The van der Waals surface area contributed by atoms with Crippen molar-refractivity contribution in [2.24, 2.45) is 0 Å². The van der Waals surface area contributed by atoms with E-state index in [0.29, 0.717) is 5.56 Å². The van der Waals surface area contributed by atoms with Gasteiger partial charge in [-0.2, -0.15) is 0 Å². The molecule has 0 aromatic heterocycles. The van der Waals surface area contributed by atoms with Crippen LogP contribution in [0.3, 0.4) is 0 Å². The van der Waals surface area contributed by atoms with Gasteiger partial charge in [-0.1, -0.05) is 47.8 Å². The van der Waals surface area contributed by atoms with Gasteiger partial charge in [0.05, 0.1) is 4.83 Å². The number of benzene rings is 2. The zero-order valence-corrected chi connectivity index (χ0v) is 14.6. The molecule has 2 rings (SSSR count). The summed E-state index contributed by atoms with van der Waals surface area (Å²) in [5.41, 5.74) is 2.53. The molecular formula is C14H9Br3F2. The lowest BCUT2D eigenvalue weighted by molar-refractivity contribution is 0.580. The standard InChI is InChI=1S/C14H9Br3F2/c1-7-2-13(16)11(6-12(7)15)14(17)8-3-9(18)5-10(19)4-8/h2-6,14H,1H3. The average molecular weight is 455 g/mol. The van der Waals surface area contributed by atoms with Gasteiger partial charge in [0.2, 0.25) is 0 Å². The fourth-order valence-corrected chi connectivity index (χ4v) is 3.76. The summed E-state index contributed by atoms with van der Waals surface area (Å²) in [5.74, 6) is -1.16. The maximum absolute atomic E-state index is 13.3. The molecule has 0 heterocycles. The maximum Gasteiger partial charge on any atom is 0.126 e. The fraction of sp³-hybridized carbons (Fsp3) is 0.143. The zero-order valence-electron chi connectivity index (χ0n) is 9.85. The van der Waals surface area contributed by atoms with Gasteiger partial charge in [0.1, 0.15) is 11.6 Å². The monoisotopic (exact) mass is 452 g/mol. The van der Waals surface area contributed by atoms with Crippen LogP contribution < -0.4 is 0 Å². The van der Waals surface area contributed by atoms with Crippen LogP contribution in [0, 0.1) is 18.6 Å². The lowest BCUT2D eigenvalue weighted by Crippen LogP contribution is -1.97. The van der Waals surface area contributed by atoms with Gasteiger partial charge >= 0.3 is 0 Å². The first-order valence-corrected chi connectivity index (χ1v) is 7.94. The molecule has 100 valence electrons. The molecule has 0 aliphatic heterocycles. The summed E-state index contributed by atoms with van der Waals surface area (Å²) in [5, 5.41) is 0. The van der Waals surface area contributed by atoms with Gasteiger partial charge in [0.15, 0.2) is 0 Å². The molecule has 0 spiro atoms. The second-order valence-electron chi connectivity index (χ2n) is 4.19. The molecule has 19 heavy (non-hydrogen) atoms. The van der Waals surface area contributed by atoms with Crippen LogP contribution in [0.5, 0.6) is 0 Å². The van der Waals surface area contributed by atoms with E-state index in [4.69, 9.17) is 0 Å². The van der Waals surface area contributed by atoms with Crippen molar-refractivity contribution in [2.45, 2.75) is 11.8 Å². The maximum atomic E-state index is 13.3. The average Bonchev–Trinajstić information content (AvgIpc) is 2.31. The molecule has 0 fully saturated rings. The summed E-state index contributed by atoms with van der Waals surface area (Å²) in [6, 6.07) is 7.40. The number of rotatable bonds is 2. The summed E-state index contributed by atoms with van der Waals surface area (Å²) < 4.78 is 28.4. The van der Waals surface area contributed by atoms with Crippen LogP contribution in [0.25, 0.3) is 0 Å². The third-order valence-electron chi connectivity index (χ3n) is 2.73. The summed E-state index contributed by atoms with van der Waals surface area (Å²) in [7, 11) is 0. The van der Waals surface area contributed by atoms with Gasteiger partial charge in [0, 0.05) is 15.0 Å².